The Balaban J connectivity index is 2.21. The predicted molar refractivity (Wildman–Crippen MR) is 59.7 cm³/mol. The van der Waals surface area contributed by atoms with Crippen molar-refractivity contribution in [3.63, 3.8) is 0 Å². The number of nitrogens with zero attached hydrogens (tertiary/aromatic N) is 1. The van der Waals surface area contributed by atoms with Gasteiger partial charge in [-0.15, -0.1) is 0 Å². The van der Waals surface area contributed by atoms with Crippen LogP contribution in [0, 0.1) is 0 Å². The van der Waals surface area contributed by atoms with Crippen LogP contribution in [-0.4, -0.2) is 23.8 Å². The lowest BCUT2D eigenvalue weighted by Crippen LogP contribution is -2.35. The zero-order chi connectivity index (χ0) is 11.1. The van der Waals surface area contributed by atoms with Gasteiger partial charge in [0.05, 0.1) is 11.7 Å². The molecular weight excluding hydrogens is 191 g/mol. The van der Waals surface area contributed by atoms with Gasteiger partial charge in [0, 0.05) is 6.20 Å². The Bertz CT molecular complexity index is 370. The maximum Gasteiger partial charge on any atom is 0.494 e. The Kier molecular flexibility index (Phi) is 2.44. The van der Waals surface area contributed by atoms with Crippen molar-refractivity contribution in [3.05, 3.63) is 18.3 Å². The van der Waals surface area contributed by atoms with Crippen LogP contribution in [0.4, 0.5) is 5.82 Å². The van der Waals surface area contributed by atoms with Gasteiger partial charge in [0.15, 0.2) is 0 Å². The van der Waals surface area contributed by atoms with E-state index in [1.165, 1.54) is 0 Å². The van der Waals surface area contributed by atoms with E-state index in [4.69, 9.17) is 15.0 Å². The van der Waals surface area contributed by atoms with Gasteiger partial charge in [-0.05, 0) is 38.4 Å². The Morgan fingerprint density at radius 2 is 2.27 bits per heavy atom. The van der Waals surface area contributed by atoms with E-state index in [1.54, 1.807) is 12.3 Å². The molecule has 80 valence electrons. The quantitative estimate of drug-likeness (QED) is 0.682. The molecule has 0 amide bonds. The first-order chi connectivity index (χ1) is 6.99. The largest absolute Gasteiger partial charge is 0.494 e. The molecule has 0 radical (unpaired) electrons. The molecule has 1 saturated heterocycles. The van der Waals surface area contributed by atoms with Crippen LogP contribution in [0.1, 0.15) is 20.8 Å². The third kappa shape index (κ3) is 1.98. The molecule has 1 aliphatic rings. The van der Waals surface area contributed by atoms with Gasteiger partial charge in [-0.25, -0.2) is 4.98 Å². The molecule has 0 saturated carbocycles. The van der Waals surface area contributed by atoms with Crippen LogP contribution in [0.25, 0.3) is 0 Å². The van der Waals surface area contributed by atoms with Gasteiger partial charge < -0.3 is 15.0 Å². The van der Waals surface area contributed by atoms with E-state index in [0.29, 0.717) is 5.82 Å². The van der Waals surface area contributed by atoms with Crippen LogP contribution < -0.4 is 11.2 Å². The second-order valence-electron chi connectivity index (χ2n) is 4.35. The molecule has 2 N–H and O–H groups in total. The Hall–Kier alpha value is -1.07. The zero-order valence-corrected chi connectivity index (χ0v) is 9.23. The average Bonchev–Trinajstić information content (AvgIpc) is 2.42. The van der Waals surface area contributed by atoms with E-state index in [1.807, 2.05) is 26.8 Å². The average molecular weight is 206 g/mol. The first kappa shape index (κ1) is 10.5. The van der Waals surface area contributed by atoms with Gasteiger partial charge >= 0.3 is 7.12 Å². The van der Waals surface area contributed by atoms with E-state index < -0.39 is 0 Å². The molecule has 4 nitrogen and oxygen atoms in total. The number of nitrogen functional groups attached to an aromatic ring is 1. The highest BCUT2D eigenvalue weighted by atomic mass is 16.7. The van der Waals surface area contributed by atoms with Crippen LogP contribution >= 0.6 is 0 Å². The highest BCUT2D eigenvalue weighted by molar-refractivity contribution is 6.62. The number of nitrogens with two attached hydrogens (primary N) is 1. The summed E-state index contributed by atoms with van der Waals surface area (Å²) in [5.74, 6) is 0.483. The van der Waals surface area contributed by atoms with Crippen molar-refractivity contribution in [2.24, 2.45) is 0 Å². The zero-order valence-electron chi connectivity index (χ0n) is 9.23. The molecule has 1 aromatic heterocycles. The maximum atomic E-state index is 5.80. The first-order valence-corrected chi connectivity index (χ1v) is 5.04. The normalized spacial score (nSPS) is 24.5. The summed E-state index contributed by atoms with van der Waals surface area (Å²) in [4.78, 5) is 3.93. The number of aromatic nitrogens is 1. The summed E-state index contributed by atoms with van der Waals surface area (Å²) in [7, 11) is -0.333. The van der Waals surface area contributed by atoms with Crippen molar-refractivity contribution >= 4 is 18.4 Å². The number of anilines is 1. The smallest absolute Gasteiger partial charge is 0.402 e. The fraction of sp³-hybridized carbons (Fsp3) is 0.500. The van der Waals surface area contributed by atoms with Crippen molar-refractivity contribution in [2.75, 3.05) is 5.73 Å². The summed E-state index contributed by atoms with van der Waals surface area (Å²) >= 11 is 0. The number of rotatable bonds is 1. The molecule has 15 heavy (non-hydrogen) atoms. The summed E-state index contributed by atoms with van der Waals surface area (Å²) in [5, 5.41) is 0. The minimum Gasteiger partial charge on any atom is -0.402 e. The molecule has 1 aliphatic heterocycles. The first-order valence-electron chi connectivity index (χ1n) is 5.04. The van der Waals surface area contributed by atoms with Crippen molar-refractivity contribution < 1.29 is 9.31 Å². The Morgan fingerprint density at radius 1 is 1.53 bits per heavy atom. The van der Waals surface area contributed by atoms with Gasteiger partial charge in [0.2, 0.25) is 0 Å². The Labute approximate surface area is 89.9 Å². The minimum absolute atomic E-state index is 0.0666. The monoisotopic (exact) mass is 206 g/mol. The summed E-state index contributed by atoms with van der Waals surface area (Å²) < 4.78 is 11.5. The molecule has 1 fully saturated rings. The van der Waals surface area contributed by atoms with E-state index in [2.05, 4.69) is 4.98 Å². The fourth-order valence-corrected chi connectivity index (χ4v) is 1.51. The minimum atomic E-state index is -0.333. The number of hydrogen-bond donors (Lipinski definition) is 1. The molecule has 0 aliphatic carbocycles. The summed E-state index contributed by atoms with van der Waals surface area (Å²) in [6.07, 6.45) is 1.73. The summed E-state index contributed by atoms with van der Waals surface area (Å²) in [5.41, 5.74) is 6.26. The van der Waals surface area contributed by atoms with Crippen molar-refractivity contribution in [1.29, 1.82) is 0 Å². The van der Waals surface area contributed by atoms with Gasteiger partial charge in [0.25, 0.3) is 0 Å². The van der Waals surface area contributed by atoms with Gasteiger partial charge in [-0.3, -0.25) is 0 Å². The molecule has 2 heterocycles. The maximum absolute atomic E-state index is 5.80. The fourth-order valence-electron chi connectivity index (χ4n) is 1.51. The second kappa shape index (κ2) is 3.50. The van der Waals surface area contributed by atoms with E-state index in [-0.39, 0.29) is 18.8 Å². The summed E-state index contributed by atoms with van der Waals surface area (Å²) in [6, 6.07) is 3.63. The molecule has 1 aromatic rings. The van der Waals surface area contributed by atoms with Gasteiger partial charge in [0.1, 0.15) is 5.82 Å². The van der Waals surface area contributed by atoms with Gasteiger partial charge in [-0.2, -0.15) is 0 Å². The highest BCUT2D eigenvalue weighted by Crippen LogP contribution is 2.26. The molecule has 1 atom stereocenters. The molecule has 5 heteroatoms. The third-order valence-corrected chi connectivity index (χ3v) is 2.79. The molecule has 1 unspecified atom stereocenters. The van der Waals surface area contributed by atoms with E-state index >= 15 is 0 Å². The molecular formula is C10H15BN2O2. The van der Waals surface area contributed by atoms with Crippen molar-refractivity contribution in [3.8, 4) is 0 Å². The van der Waals surface area contributed by atoms with Crippen molar-refractivity contribution in [2.45, 2.75) is 32.5 Å². The lowest BCUT2D eigenvalue weighted by atomic mass is 9.80. The van der Waals surface area contributed by atoms with Crippen LogP contribution in [0.15, 0.2) is 18.3 Å². The summed E-state index contributed by atoms with van der Waals surface area (Å²) in [6.45, 7) is 6.04. The highest BCUT2D eigenvalue weighted by Gasteiger charge is 2.43. The third-order valence-electron chi connectivity index (χ3n) is 2.79. The number of pyridine rings is 1. The Morgan fingerprint density at radius 3 is 2.80 bits per heavy atom. The van der Waals surface area contributed by atoms with Crippen LogP contribution in [0.3, 0.4) is 0 Å². The second-order valence-corrected chi connectivity index (χ2v) is 4.35. The van der Waals surface area contributed by atoms with Gasteiger partial charge in [-0.1, -0.05) is 0 Å². The molecule has 2 rings (SSSR count). The SMILES string of the molecule is CC1OB(c2ccnc(N)c2)OC1(C)C. The molecule has 0 spiro atoms. The topological polar surface area (TPSA) is 57.4 Å². The van der Waals surface area contributed by atoms with E-state index in [9.17, 15) is 0 Å². The van der Waals surface area contributed by atoms with Crippen LogP contribution in [0.2, 0.25) is 0 Å². The van der Waals surface area contributed by atoms with Crippen molar-refractivity contribution in [1.82, 2.24) is 4.98 Å². The number of hydrogen-bond acceptors (Lipinski definition) is 4. The molecule has 0 aromatic carbocycles. The molecule has 0 bridgehead atoms. The van der Waals surface area contributed by atoms with E-state index in [0.717, 1.165) is 5.46 Å². The van der Waals surface area contributed by atoms with Crippen LogP contribution in [0.5, 0.6) is 0 Å². The standard InChI is InChI=1S/C10H15BN2O2/c1-7-10(2,3)15-11(14-7)8-4-5-13-9(12)6-8/h4-7H,1-3H3,(H2,12,13). The lowest BCUT2D eigenvalue weighted by Gasteiger charge is -2.21. The lowest BCUT2D eigenvalue weighted by molar-refractivity contribution is 0.0842. The predicted octanol–water partition coefficient (Wildman–Crippen LogP) is 0.573. The van der Waals surface area contributed by atoms with Crippen LogP contribution in [-0.2, 0) is 9.31 Å².